The van der Waals surface area contributed by atoms with Gasteiger partial charge in [0.15, 0.2) is 0 Å². The Labute approximate surface area is 196 Å². The maximum atomic E-state index is 6.48. The molecule has 0 spiro atoms. The minimum Gasteiger partial charge on any atom is -0.372 e. The van der Waals surface area contributed by atoms with Gasteiger partial charge in [-0.05, 0) is 23.1 Å². The molecule has 0 bridgehead atoms. The van der Waals surface area contributed by atoms with Gasteiger partial charge in [0.05, 0.1) is 32.5 Å². The van der Waals surface area contributed by atoms with Gasteiger partial charge in [-0.25, -0.2) is 0 Å². The maximum absolute atomic E-state index is 6.48. The molecule has 3 aromatic rings. The summed E-state index contributed by atoms with van der Waals surface area (Å²) in [6, 6.07) is 30.5. The van der Waals surface area contributed by atoms with Gasteiger partial charge in [-0.2, -0.15) is 0 Å². The summed E-state index contributed by atoms with van der Waals surface area (Å²) in [6.07, 6.45) is 1.65. The summed E-state index contributed by atoms with van der Waals surface area (Å²) in [5, 5.41) is 0. The van der Waals surface area contributed by atoms with Crippen molar-refractivity contribution in [1.29, 1.82) is 0 Å². The van der Waals surface area contributed by atoms with Gasteiger partial charge in [0, 0.05) is 0 Å². The first-order valence-corrected chi connectivity index (χ1v) is 11.5. The molecule has 172 valence electrons. The Bertz CT molecular complexity index is 945. The zero-order chi connectivity index (χ0) is 22.7. The fourth-order valence-electron chi connectivity index (χ4n) is 4.06. The van der Waals surface area contributed by atoms with Crippen LogP contribution in [0.25, 0.3) is 0 Å². The minimum absolute atomic E-state index is 0.136. The second kappa shape index (κ2) is 12.5. The number of benzene rings is 3. The fourth-order valence-corrected chi connectivity index (χ4v) is 4.06. The first kappa shape index (κ1) is 23.4. The molecule has 1 aliphatic rings. The van der Waals surface area contributed by atoms with Crippen LogP contribution in [-0.2, 0) is 38.8 Å². The summed E-state index contributed by atoms with van der Waals surface area (Å²) >= 11 is 0. The van der Waals surface area contributed by atoms with Crippen molar-refractivity contribution in [2.24, 2.45) is 0 Å². The van der Waals surface area contributed by atoms with Crippen LogP contribution in [0.15, 0.2) is 104 Å². The van der Waals surface area contributed by atoms with Crippen LogP contribution in [0.1, 0.15) is 23.1 Å². The Morgan fingerprint density at radius 3 is 1.61 bits per heavy atom. The minimum atomic E-state index is -0.276. The number of hydrogen-bond donors (Lipinski definition) is 0. The van der Waals surface area contributed by atoms with Gasteiger partial charge in [-0.15, -0.1) is 6.58 Å². The molecule has 0 N–H and O–H groups in total. The average Bonchev–Trinajstić information content (AvgIpc) is 2.88. The van der Waals surface area contributed by atoms with Crippen LogP contribution < -0.4 is 0 Å². The molecule has 0 radical (unpaired) electrons. The van der Waals surface area contributed by atoms with E-state index in [0.29, 0.717) is 32.8 Å². The van der Waals surface area contributed by atoms with Gasteiger partial charge in [0.25, 0.3) is 0 Å². The molecule has 1 fully saturated rings. The Morgan fingerprint density at radius 2 is 1.12 bits per heavy atom. The van der Waals surface area contributed by atoms with E-state index < -0.39 is 0 Å². The van der Waals surface area contributed by atoms with E-state index in [4.69, 9.17) is 18.9 Å². The van der Waals surface area contributed by atoms with E-state index in [0.717, 1.165) is 16.7 Å². The van der Waals surface area contributed by atoms with Crippen molar-refractivity contribution in [3.05, 3.63) is 120 Å². The lowest BCUT2D eigenvalue weighted by Gasteiger charge is -2.42. The van der Waals surface area contributed by atoms with Crippen molar-refractivity contribution in [3.63, 3.8) is 0 Å². The number of rotatable bonds is 11. The number of hydrogen-bond acceptors (Lipinski definition) is 4. The first-order valence-electron chi connectivity index (χ1n) is 11.5. The van der Waals surface area contributed by atoms with Crippen LogP contribution in [0.5, 0.6) is 0 Å². The van der Waals surface area contributed by atoms with Gasteiger partial charge in [-0.3, -0.25) is 0 Å². The Balaban J connectivity index is 1.51. The molecule has 1 heterocycles. The highest BCUT2D eigenvalue weighted by Crippen LogP contribution is 2.28. The highest BCUT2D eigenvalue weighted by Gasteiger charge is 2.42. The third kappa shape index (κ3) is 6.86. The lowest BCUT2D eigenvalue weighted by atomic mass is 9.96. The van der Waals surface area contributed by atoms with E-state index in [1.54, 1.807) is 0 Å². The molecule has 4 heteroatoms. The number of ether oxygens (including phenoxy) is 4. The van der Waals surface area contributed by atoms with Gasteiger partial charge in [-0.1, -0.05) is 97.1 Å². The van der Waals surface area contributed by atoms with Crippen LogP contribution >= 0.6 is 0 Å². The Kier molecular flexibility index (Phi) is 8.84. The van der Waals surface area contributed by atoms with Crippen LogP contribution in [0, 0.1) is 0 Å². The van der Waals surface area contributed by atoms with Gasteiger partial charge >= 0.3 is 0 Å². The monoisotopic (exact) mass is 444 g/mol. The highest BCUT2D eigenvalue weighted by molar-refractivity contribution is 5.15. The Morgan fingerprint density at radius 1 is 0.667 bits per heavy atom. The predicted octanol–water partition coefficient (Wildman–Crippen LogP) is 5.72. The topological polar surface area (TPSA) is 36.9 Å². The summed E-state index contributed by atoms with van der Waals surface area (Å²) in [6.45, 7) is 5.84. The van der Waals surface area contributed by atoms with E-state index in [2.05, 4.69) is 43.0 Å². The summed E-state index contributed by atoms with van der Waals surface area (Å²) in [4.78, 5) is 0. The second-order valence-electron chi connectivity index (χ2n) is 8.25. The largest absolute Gasteiger partial charge is 0.372 e. The molecule has 0 aromatic heterocycles. The lowest BCUT2D eigenvalue weighted by Crippen LogP contribution is -2.55. The summed E-state index contributed by atoms with van der Waals surface area (Å²) in [5.41, 5.74) is 3.35. The van der Waals surface area contributed by atoms with E-state index in [9.17, 15) is 0 Å². The van der Waals surface area contributed by atoms with Crippen LogP contribution in [0.4, 0.5) is 0 Å². The van der Waals surface area contributed by atoms with E-state index in [1.807, 2.05) is 60.7 Å². The molecule has 0 unspecified atom stereocenters. The molecular weight excluding hydrogens is 412 g/mol. The highest BCUT2D eigenvalue weighted by atomic mass is 16.6. The van der Waals surface area contributed by atoms with Crippen molar-refractivity contribution < 1.29 is 18.9 Å². The molecule has 4 atom stereocenters. The molecule has 4 nitrogen and oxygen atoms in total. The summed E-state index contributed by atoms with van der Waals surface area (Å²) in [7, 11) is 0. The standard InChI is InChI=1S/C29H32O4/c1-2-12-26-28(32-20-24-15-8-4-9-16-24)29(33-21-25-17-10-5-11-18-25)27(22-31-26)30-19-23-13-6-3-7-14-23/h2-11,13-18,26-29H,1,12,19-22H2/t26-,27-,28+,29-/m1/s1. The SMILES string of the molecule is C=CC[C@H]1OC[C@@H](OCc2ccccc2)[C@@H](OCc2ccccc2)[C@H]1OCc1ccccc1. The van der Waals surface area contributed by atoms with Crippen molar-refractivity contribution in [2.45, 2.75) is 50.7 Å². The molecule has 0 aliphatic carbocycles. The third-order valence-corrected chi connectivity index (χ3v) is 5.81. The van der Waals surface area contributed by atoms with E-state index in [1.165, 1.54) is 0 Å². The second-order valence-corrected chi connectivity index (χ2v) is 8.25. The van der Waals surface area contributed by atoms with Crippen LogP contribution in [0.2, 0.25) is 0 Å². The summed E-state index contributed by atoms with van der Waals surface area (Å²) < 4.78 is 25.4. The zero-order valence-corrected chi connectivity index (χ0v) is 18.9. The van der Waals surface area contributed by atoms with Gasteiger partial charge in [0.2, 0.25) is 0 Å². The molecule has 4 rings (SSSR count). The molecule has 1 aliphatic heterocycles. The van der Waals surface area contributed by atoms with Gasteiger partial charge in [0.1, 0.15) is 18.3 Å². The van der Waals surface area contributed by atoms with Crippen molar-refractivity contribution >= 4 is 0 Å². The molecule has 3 aromatic carbocycles. The maximum Gasteiger partial charge on any atom is 0.115 e. The van der Waals surface area contributed by atoms with E-state index >= 15 is 0 Å². The smallest absolute Gasteiger partial charge is 0.115 e. The van der Waals surface area contributed by atoms with Gasteiger partial charge < -0.3 is 18.9 Å². The molecular formula is C29H32O4. The Hall–Kier alpha value is -2.76. The lowest BCUT2D eigenvalue weighted by molar-refractivity contribution is -0.237. The fraction of sp³-hybridized carbons (Fsp3) is 0.310. The van der Waals surface area contributed by atoms with Crippen molar-refractivity contribution in [3.8, 4) is 0 Å². The predicted molar refractivity (Wildman–Crippen MR) is 130 cm³/mol. The van der Waals surface area contributed by atoms with Crippen LogP contribution in [-0.4, -0.2) is 31.0 Å². The quantitative estimate of drug-likeness (QED) is 0.355. The normalized spacial score (nSPS) is 22.7. The van der Waals surface area contributed by atoms with Crippen molar-refractivity contribution in [2.75, 3.05) is 6.61 Å². The average molecular weight is 445 g/mol. The molecule has 33 heavy (non-hydrogen) atoms. The molecule has 0 saturated carbocycles. The van der Waals surface area contributed by atoms with Crippen LogP contribution in [0.3, 0.4) is 0 Å². The zero-order valence-electron chi connectivity index (χ0n) is 18.9. The van der Waals surface area contributed by atoms with E-state index in [-0.39, 0.29) is 24.4 Å². The third-order valence-electron chi connectivity index (χ3n) is 5.81. The molecule has 0 amide bonds. The summed E-state index contributed by atoms with van der Waals surface area (Å²) in [5.74, 6) is 0. The molecule has 1 saturated heterocycles. The van der Waals surface area contributed by atoms with Crippen molar-refractivity contribution in [1.82, 2.24) is 0 Å². The first-order chi connectivity index (χ1) is 16.3.